The van der Waals surface area contributed by atoms with Gasteiger partial charge >= 0.3 is 0 Å². The van der Waals surface area contributed by atoms with Crippen molar-refractivity contribution in [1.82, 2.24) is 4.98 Å². The van der Waals surface area contributed by atoms with E-state index in [1.54, 1.807) is 31.3 Å². The number of sulfonamides is 1. The summed E-state index contributed by atoms with van der Waals surface area (Å²) in [6.07, 6.45) is 1.96. The number of hydrogen-bond donors (Lipinski definition) is 1. The summed E-state index contributed by atoms with van der Waals surface area (Å²) in [5, 5.41) is 0.670. The Bertz CT molecular complexity index is 1130. The fourth-order valence-corrected chi connectivity index (χ4v) is 3.80. The zero-order valence-corrected chi connectivity index (χ0v) is 15.2. The molecule has 0 saturated heterocycles. The van der Waals surface area contributed by atoms with Gasteiger partial charge in [0.25, 0.3) is 0 Å². The van der Waals surface area contributed by atoms with E-state index >= 15 is 0 Å². The van der Waals surface area contributed by atoms with Gasteiger partial charge in [-0.3, -0.25) is 14.5 Å². The van der Waals surface area contributed by atoms with Gasteiger partial charge in [-0.05, 0) is 36.8 Å². The molecule has 0 radical (unpaired) electrons. The highest BCUT2D eigenvalue weighted by atomic mass is 32.2. The number of halogens is 2. The van der Waals surface area contributed by atoms with Crippen LogP contribution in [0.4, 0.5) is 14.5 Å². The van der Waals surface area contributed by atoms with Crippen molar-refractivity contribution >= 4 is 32.4 Å². The first-order chi connectivity index (χ1) is 12.8. The predicted molar refractivity (Wildman–Crippen MR) is 99.2 cm³/mol. The lowest BCUT2D eigenvalue weighted by molar-refractivity contribution is 0.103. The van der Waals surface area contributed by atoms with Gasteiger partial charge in [0.05, 0.1) is 22.5 Å². The van der Waals surface area contributed by atoms with Gasteiger partial charge in [0, 0.05) is 23.2 Å². The van der Waals surface area contributed by atoms with Crippen LogP contribution in [0.25, 0.3) is 10.9 Å². The van der Waals surface area contributed by atoms with Gasteiger partial charge in [-0.15, -0.1) is 0 Å². The van der Waals surface area contributed by atoms with Crippen molar-refractivity contribution in [2.45, 2.75) is 13.3 Å². The first kappa shape index (κ1) is 18.9. The Morgan fingerprint density at radius 1 is 1.15 bits per heavy atom. The van der Waals surface area contributed by atoms with Gasteiger partial charge in [-0.2, -0.15) is 0 Å². The molecule has 0 fully saturated rings. The number of nitrogens with one attached hydrogen (secondary N) is 1. The number of anilines is 1. The first-order valence-electron chi connectivity index (χ1n) is 8.20. The fourth-order valence-electron chi connectivity index (χ4n) is 2.68. The summed E-state index contributed by atoms with van der Waals surface area (Å²) in [5.74, 6) is -3.57. The average Bonchev–Trinajstić information content (AvgIpc) is 2.63. The van der Waals surface area contributed by atoms with Crippen molar-refractivity contribution in [2.24, 2.45) is 0 Å². The van der Waals surface area contributed by atoms with Crippen LogP contribution in [0.5, 0.6) is 0 Å². The minimum Gasteiger partial charge on any atom is -0.288 e. The van der Waals surface area contributed by atoms with Crippen LogP contribution in [0.15, 0.2) is 48.7 Å². The molecule has 27 heavy (non-hydrogen) atoms. The quantitative estimate of drug-likeness (QED) is 0.648. The fraction of sp³-hybridized carbons (Fsp3) is 0.158. The van der Waals surface area contributed by atoms with Gasteiger partial charge in [-0.1, -0.05) is 13.0 Å². The molecule has 0 saturated carbocycles. The molecule has 5 nitrogen and oxygen atoms in total. The van der Waals surface area contributed by atoms with Crippen molar-refractivity contribution in [3.63, 3.8) is 0 Å². The largest absolute Gasteiger partial charge is 0.288 e. The van der Waals surface area contributed by atoms with E-state index in [1.807, 2.05) is 0 Å². The molecule has 3 rings (SSSR count). The zero-order chi connectivity index (χ0) is 19.6. The number of aromatic nitrogens is 1. The number of carbonyl (C=O) groups excluding carboxylic acids is 1. The van der Waals surface area contributed by atoms with Crippen molar-refractivity contribution in [2.75, 3.05) is 10.5 Å². The van der Waals surface area contributed by atoms with E-state index in [0.29, 0.717) is 23.4 Å². The van der Waals surface area contributed by atoms with Gasteiger partial charge in [-0.25, -0.2) is 17.2 Å². The Kier molecular flexibility index (Phi) is 5.18. The number of hydrogen-bond acceptors (Lipinski definition) is 4. The molecule has 0 amide bonds. The number of fused-ring (bicyclic) bond motifs is 1. The number of ketones is 1. The maximum atomic E-state index is 14.2. The van der Waals surface area contributed by atoms with Crippen molar-refractivity contribution in [1.29, 1.82) is 0 Å². The smallest absolute Gasteiger partial charge is 0.232 e. The number of carbonyl (C=O) groups is 1. The standard InChI is InChI=1S/C19H16F2N2O3S/c1-2-8-27(25,26)23-14-10-15(18(21)16(20)11-14)19(24)13-5-6-17-12(9-13)4-3-7-22-17/h3-7,9-11,23H,2,8H2,1H3. The molecular formula is C19H16F2N2O3S. The van der Waals surface area contributed by atoms with Gasteiger partial charge in [0.15, 0.2) is 17.4 Å². The average molecular weight is 390 g/mol. The monoisotopic (exact) mass is 390 g/mol. The number of rotatable bonds is 6. The van der Waals surface area contributed by atoms with E-state index in [-0.39, 0.29) is 17.0 Å². The van der Waals surface area contributed by atoms with E-state index in [0.717, 1.165) is 6.07 Å². The van der Waals surface area contributed by atoms with Crippen molar-refractivity contribution < 1.29 is 22.0 Å². The highest BCUT2D eigenvalue weighted by Crippen LogP contribution is 2.24. The van der Waals surface area contributed by atoms with Gasteiger partial charge in [0.2, 0.25) is 10.0 Å². The Morgan fingerprint density at radius 2 is 1.93 bits per heavy atom. The lowest BCUT2D eigenvalue weighted by Gasteiger charge is -2.10. The SMILES string of the molecule is CCCS(=O)(=O)Nc1cc(F)c(F)c(C(=O)c2ccc3ncccc3c2)c1. The molecule has 3 aromatic rings. The Morgan fingerprint density at radius 3 is 2.67 bits per heavy atom. The van der Waals surface area contributed by atoms with Crippen LogP contribution >= 0.6 is 0 Å². The molecule has 0 aliphatic carbocycles. The molecule has 2 aromatic carbocycles. The molecule has 0 aliphatic rings. The molecule has 0 bridgehead atoms. The highest BCUT2D eigenvalue weighted by molar-refractivity contribution is 7.92. The summed E-state index contributed by atoms with van der Waals surface area (Å²) in [5.41, 5.74) is 0.0461. The maximum absolute atomic E-state index is 14.2. The maximum Gasteiger partial charge on any atom is 0.232 e. The van der Waals surface area contributed by atoms with Crippen LogP contribution in [0, 0.1) is 11.6 Å². The Hall–Kier alpha value is -2.87. The zero-order valence-electron chi connectivity index (χ0n) is 14.4. The second kappa shape index (κ2) is 7.40. The number of pyridine rings is 1. The van der Waals surface area contributed by atoms with E-state index < -0.39 is 33.0 Å². The van der Waals surface area contributed by atoms with E-state index in [2.05, 4.69) is 9.71 Å². The molecule has 0 spiro atoms. The number of benzene rings is 2. The summed E-state index contributed by atoms with van der Waals surface area (Å²) < 4.78 is 54.1. The van der Waals surface area contributed by atoms with Crippen LogP contribution < -0.4 is 4.72 Å². The third-order valence-corrected chi connectivity index (χ3v) is 5.38. The summed E-state index contributed by atoms with van der Waals surface area (Å²) in [6, 6.07) is 9.74. The Labute approximate surface area is 155 Å². The molecule has 1 aromatic heterocycles. The van der Waals surface area contributed by atoms with Crippen LogP contribution in [0.2, 0.25) is 0 Å². The van der Waals surface area contributed by atoms with Crippen LogP contribution in [0.1, 0.15) is 29.3 Å². The van der Waals surface area contributed by atoms with Crippen LogP contribution in [-0.4, -0.2) is 24.9 Å². The van der Waals surface area contributed by atoms with Gasteiger partial charge in [0.1, 0.15) is 0 Å². The normalized spacial score (nSPS) is 11.5. The third kappa shape index (κ3) is 4.11. The predicted octanol–water partition coefficient (Wildman–Crippen LogP) is 3.90. The van der Waals surface area contributed by atoms with Gasteiger partial charge < -0.3 is 0 Å². The summed E-state index contributed by atoms with van der Waals surface area (Å²) >= 11 is 0. The van der Waals surface area contributed by atoms with Crippen LogP contribution in [-0.2, 0) is 10.0 Å². The molecule has 0 unspecified atom stereocenters. The molecule has 1 N–H and O–H groups in total. The lowest BCUT2D eigenvalue weighted by Crippen LogP contribution is -2.17. The van der Waals surface area contributed by atoms with Crippen LogP contribution in [0.3, 0.4) is 0 Å². The molecule has 140 valence electrons. The summed E-state index contributed by atoms with van der Waals surface area (Å²) in [6.45, 7) is 1.67. The number of nitrogens with zero attached hydrogens (tertiary/aromatic N) is 1. The topological polar surface area (TPSA) is 76.1 Å². The van der Waals surface area contributed by atoms with E-state index in [4.69, 9.17) is 0 Å². The second-order valence-electron chi connectivity index (χ2n) is 5.98. The molecule has 0 aliphatic heterocycles. The minimum absolute atomic E-state index is 0.141. The molecule has 1 heterocycles. The highest BCUT2D eigenvalue weighted by Gasteiger charge is 2.21. The first-order valence-corrected chi connectivity index (χ1v) is 9.85. The lowest BCUT2D eigenvalue weighted by atomic mass is 10.0. The molecule has 0 atom stereocenters. The summed E-state index contributed by atoms with van der Waals surface area (Å²) in [7, 11) is -3.71. The van der Waals surface area contributed by atoms with E-state index in [9.17, 15) is 22.0 Å². The van der Waals surface area contributed by atoms with Crippen molar-refractivity contribution in [3.8, 4) is 0 Å². The molecular weight excluding hydrogens is 374 g/mol. The minimum atomic E-state index is -3.71. The Balaban J connectivity index is 2.02. The van der Waals surface area contributed by atoms with Crippen molar-refractivity contribution in [3.05, 3.63) is 71.4 Å². The third-order valence-electron chi connectivity index (χ3n) is 3.88. The van der Waals surface area contributed by atoms with E-state index in [1.165, 1.54) is 12.1 Å². The summed E-state index contributed by atoms with van der Waals surface area (Å²) in [4.78, 5) is 16.8. The second-order valence-corrected chi connectivity index (χ2v) is 7.82. The molecule has 8 heteroatoms.